The number of carbonyl (C=O) groups is 2. The Morgan fingerprint density at radius 1 is 0.447 bits per heavy atom. The van der Waals surface area contributed by atoms with Crippen LogP contribution in [0.4, 0.5) is 11.4 Å². The van der Waals surface area contributed by atoms with Crippen molar-refractivity contribution >= 4 is 34.6 Å². The Hall–Kier alpha value is -4.44. The lowest BCUT2D eigenvalue weighted by Crippen LogP contribution is -2.30. The van der Waals surface area contributed by atoms with Gasteiger partial charge in [-0.25, -0.2) is 0 Å². The van der Waals surface area contributed by atoms with E-state index in [1.54, 1.807) is 0 Å². The van der Waals surface area contributed by atoms with Crippen molar-refractivity contribution in [3.05, 3.63) is 128 Å². The van der Waals surface area contributed by atoms with Gasteiger partial charge in [-0.2, -0.15) is 0 Å². The lowest BCUT2D eigenvalue weighted by Gasteiger charge is -2.29. The predicted octanol–water partition coefficient (Wildman–Crippen LogP) is 7.68. The van der Waals surface area contributed by atoms with E-state index in [9.17, 15) is 9.59 Å². The maximum absolute atomic E-state index is 14.2. The molecular formula is C34H30N2O2. The first-order valence-electron chi connectivity index (χ1n) is 13.0. The third kappa shape index (κ3) is 3.37. The van der Waals surface area contributed by atoms with Gasteiger partial charge in [0, 0.05) is 22.3 Å². The quantitative estimate of drug-likeness (QED) is 0.284. The molecule has 4 aromatic carbocycles. The molecule has 4 aromatic rings. The van der Waals surface area contributed by atoms with Crippen molar-refractivity contribution in [2.75, 3.05) is 9.80 Å². The van der Waals surface area contributed by atoms with Crippen LogP contribution in [0.15, 0.2) is 72.8 Å². The molecule has 0 saturated carbocycles. The highest BCUT2D eigenvalue weighted by molar-refractivity contribution is 6.33. The number of aryl methyl sites for hydroxylation is 6. The summed E-state index contributed by atoms with van der Waals surface area (Å²) in [7, 11) is 0. The van der Waals surface area contributed by atoms with Crippen molar-refractivity contribution in [2.45, 2.75) is 41.5 Å². The maximum Gasteiger partial charge on any atom is 0.263 e. The van der Waals surface area contributed by atoms with Crippen LogP contribution >= 0.6 is 0 Å². The molecule has 0 atom stereocenters. The van der Waals surface area contributed by atoms with Gasteiger partial charge < -0.3 is 0 Å². The second-order valence-electron chi connectivity index (χ2n) is 10.6. The zero-order valence-corrected chi connectivity index (χ0v) is 22.6. The van der Waals surface area contributed by atoms with Crippen LogP contribution in [-0.2, 0) is 0 Å². The molecule has 4 heteroatoms. The van der Waals surface area contributed by atoms with Crippen LogP contribution in [0.2, 0.25) is 0 Å². The summed E-state index contributed by atoms with van der Waals surface area (Å²) in [6.07, 6.45) is 0. The second kappa shape index (κ2) is 8.56. The topological polar surface area (TPSA) is 40.6 Å². The molecule has 0 saturated heterocycles. The summed E-state index contributed by atoms with van der Waals surface area (Å²) in [6, 6.07) is 23.9. The first-order valence-corrected chi connectivity index (χ1v) is 13.0. The number of nitrogens with zero attached hydrogens (tertiary/aromatic N) is 2. The van der Waals surface area contributed by atoms with Gasteiger partial charge in [0.05, 0.1) is 22.8 Å². The van der Waals surface area contributed by atoms with Gasteiger partial charge in [-0.15, -0.1) is 0 Å². The van der Waals surface area contributed by atoms with Crippen molar-refractivity contribution in [2.24, 2.45) is 0 Å². The lowest BCUT2D eigenvalue weighted by atomic mass is 10.00. The van der Waals surface area contributed by atoms with Gasteiger partial charge in [-0.05, 0) is 75.9 Å². The fourth-order valence-corrected chi connectivity index (χ4v) is 6.38. The number of fused-ring (bicyclic) bond motifs is 2. The number of rotatable bonds is 2. The van der Waals surface area contributed by atoms with E-state index < -0.39 is 0 Å². The average Bonchev–Trinajstić information content (AvgIpc) is 3.30. The Morgan fingerprint density at radius 2 is 0.737 bits per heavy atom. The summed E-state index contributed by atoms with van der Waals surface area (Å²) in [5.41, 5.74) is 12.6. The largest absolute Gasteiger partial charge is 0.274 e. The van der Waals surface area contributed by atoms with E-state index in [4.69, 9.17) is 0 Å². The van der Waals surface area contributed by atoms with Crippen LogP contribution in [0.25, 0.3) is 11.4 Å². The van der Waals surface area contributed by atoms with Gasteiger partial charge in [0.1, 0.15) is 0 Å². The molecule has 188 valence electrons. The standard InChI is InChI=1S/C34H30N2O2/c1-19-15-21(3)29(22(4)16-19)35-31(25-11-7-9-13-27(25)33(35)37)32-26-12-8-10-14-28(26)34(38)36(32)30-23(5)17-20(2)18-24(30)6/h7-18H,1-6H3/b32-31+. The summed E-state index contributed by atoms with van der Waals surface area (Å²) in [6.45, 7) is 12.3. The zero-order valence-electron chi connectivity index (χ0n) is 22.6. The van der Waals surface area contributed by atoms with Crippen LogP contribution < -0.4 is 9.80 Å². The van der Waals surface area contributed by atoms with E-state index in [-0.39, 0.29) is 11.8 Å². The van der Waals surface area contributed by atoms with E-state index >= 15 is 0 Å². The van der Waals surface area contributed by atoms with E-state index in [1.165, 1.54) is 0 Å². The minimum Gasteiger partial charge on any atom is -0.274 e. The third-order valence-electron chi connectivity index (χ3n) is 7.62. The van der Waals surface area contributed by atoms with Gasteiger partial charge in [0.15, 0.2) is 0 Å². The Morgan fingerprint density at radius 3 is 1.05 bits per heavy atom. The predicted molar refractivity (Wildman–Crippen MR) is 155 cm³/mol. The molecule has 0 radical (unpaired) electrons. The molecule has 2 amide bonds. The van der Waals surface area contributed by atoms with Gasteiger partial charge in [-0.1, -0.05) is 71.8 Å². The zero-order chi connectivity index (χ0) is 26.9. The molecule has 4 nitrogen and oxygen atoms in total. The van der Waals surface area contributed by atoms with Crippen LogP contribution in [0.5, 0.6) is 0 Å². The van der Waals surface area contributed by atoms with Gasteiger partial charge in [-0.3, -0.25) is 19.4 Å². The van der Waals surface area contributed by atoms with E-state index in [0.29, 0.717) is 11.1 Å². The fourth-order valence-electron chi connectivity index (χ4n) is 6.38. The lowest BCUT2D eigenvalue weighted by molar-refractivity contribution is 0.0996. The molecule has 0 aliphatic carbocycles. The molecule has 0 fully saturated rings. The van der Waals surface area contributed by atoms with Crippen molar-refractivity contribution in [3.63, 3.8) is 0 Å². The summed E-state index contributed by atoms with van der Waals surface area (Å²) >= 11 is 0. The number of anilines is 2. The van der Waals surface area contributed by atoms with Crippen LogP contribution in [0.3, 0.4) is 0 Å². The number of amides is 2. The Balaban J connectivity index is 1.76. The van der Waals surface area contributed by atoms with Gasteiger partial charge in [0.2, 0.25) is 0 Å². The summed E-state index contributed by atoms with van der Waals surface area (Å²) in [4.78, 5) is 32.0. The molecule has 2 heterocycles. The molecule has 0 unspecified atom stereocenters. The monoisotopic (exact) mass is 498 g/mol. The van der Waals surface area contributed by atoms with Crippen molar-refractivity contribution in [1.29, 1.82) is 0 Å². The van der Waals surface area contributed by atoms with E-state index in [0.717, 1.165) is 67.3 Å². The molecule has 0 bridgehead atoms. The Bertz CT molecular complexity index is 1550. The molecule has 38 heavy (non-hydrogen) atoms. The smallest absolute Gasteiger partial charge is 0.263 e. The average molecular weight is 499 g/mol. The SMILES string of the molecule is Cc1cc(C)c(N2C(=O)c3ccccc3/C2=C2/c3ccccc3C(=O)N2c2c(C)cc(C)cc2C)c(C)c1. The van der Waals surface area contributed by atoms with E-state index in [1.807, 2.05) is 86.0 Å². The molecule has 0 aromatic heterocycles. The van der Waals surface area contributed by atoms with Crippen LogP contribution in [0, 0.1) is 41.5 Å². The fraction of sp³-hybridized carbons (Fsp3) is 0.176. The number of hydrogen-bond acceptors (Lipinski definition) is 2. The molecular weight excluding hydrogens is 468 g/mol. The van der Waals surface area contributed by atoms with Gasteiger partial charge in [0.25, 0.3) is 11.8 Å². The highest BCUT2D eigenvalue weighted by Gasteiger charge is 2.44. The maximum atomic E-state index is 14.2. The third-order valence-corrected chi connectivity index (χ3v) is 7.62. The number of benzene rings is 4. The van der Waals surface area contributed by atoms with E-state index in [2.05, 4.69) is 38.1 Å². The molecule has 2 aliphatic heterocycles. The van der Waals surface area contributed by atoms with Gasteiger partial charge >= 0.3 is 0 Å². The normalized spacial score (nSPS) is 16.4. The summed E-state index contributed by atoms with van der Waals surface area (Å²) < 4.78 is 0. The first kappa shape index (κ1) is 23.9. The highest BCUT2D eigenvalue weighted by atomic mass is 16.2. The van der Waals surface area contributed by atoms with Crippen LogP contribution in [-0.4, -0.2) is 11.8 Å². The molecule has 0 N–H and O–H groups in total. The number of carbonyl (C=O) groups excluding carboxylic acids is 2. The minimum atomic E-state index is -0.0766. The molecule has 0 spiro atoms. The Labute approximate surface area is 223 Å². The first-order chi connectivity index (χ1) is 18.2. The highest BCUT2D eigenvalue weighted by Crippen LogP contribution is 2.49. The molecule has 6 rings (SSSR count). The minimum absolute atomic E-state index is 0.0766. The number of hydrogen-bond donors (Lipinski definition) is 0. The van der Waals surface area contributed by atoms with Crippen molar-refractivity contribution in [1.82, 2.24) is 0 Å². The second-order valence-corrected chi connectivity index (χ2v) is 10.6. The van der Waals surface area contributed by atoms with Crippen LogP contribution in [0.1, 0.15) is 65.2 Å². The van der Waals surface area contributed by atoms with Crippen molar-refractivity contribution in [3.8, 4) is 0 Å². The summed E-state index contributed by atoms with van der Waals surface area (Å²) in [5.74, 6) is -0.153. The Kier molecular flexibility index (Phi) is 5.39. The van der Waals surface area contributed by atoms with Crippen molar-refractivity contribution < 1.29 is 9.59 Å². The molecule has 2 aliphatic rings. The summed E-state index contributed by atoms with van der Waals surface area (Å²) in [5, 5.41) is 0.